The van der Waals surface area contributed by atoms with Crippen LogP contribution >= 0.6 is 0 Å². The molecule has 0 spiro atoms. The third-order valence-electron chi connectivity index (χ3n) is 4.43. The van der Waals surface area contributed by atoms with Gasteiger partial charge in [0, 0.05) is 30.8 Å². The maximum absolute atomic E-state index is 12.2. The van der Waals surface area contributed by atoms with E-state index in [-0.39, 0.29) is 17.7 Å². The molecule has 1 aliphatic heterocycles. The Morgan fingerprint density at radius 1 is 1.38 bits per heavy atom. The number of rotatable bonds is 6. The minimum Gasteiger partial charge on any atom is -0.349 e. The van der Waals surface area contributed by atoms with Gasteiger partial charge in [0.05, 0.1) is 43.4 Å². The van der Waals surface area contributed by atoms with E-state index in [0.717, 1.165) is 17.1 Å². The van der Waals surface area contributed by atoms with Crippen LogP contribution < -0.4 is 11.1 Å². The normalized spacial score (nSPS) is 15.0. The molecule has 0 bridgehead atoms. The van der Waals surface area contributed by atoms with E-state index in [9.17, 15) is 9.59 Å². The predicted octanol–water partition coefficient (Wildman–Crippen LogP) is -0.209. The lowest BCUT2D eigenvalue weighted by Crippen LogP contribution is -2.41. The Bertz CT molecular complexity index is 766. The number of nitrogens with two attached hydrogens (primary N) is 1. The Labute approximate surface area is 152 Å². The minimum atomic E-state index is -0.646. The fourth-order valence-corrected chi connectivity index (χ4v) is 3.00. The van der Waals surface area contributed by atoms with E-state index in [4.69, 9.17) is 5.73 Å². The van der Waals surface area contributed by atoms with Crippen molar-refractivity contribution in [2.45, 2.75) is 45.9 Å². The molecule has 3 rings (SSSR count). The predicted molar refractivity (Wildman–Crippen MR) is 94.6 cm³/mol. The highest BCUT2D eigenvalue weighted by molar-refractivity contribution is 5.81. The highest BCUT2D eigenvalue weighted by Crippen LogP contribution is 2.16. The van der Waals surface area contributed by atoms with Gasteiger partial charge in [-0.05, 0) is 6.07 Å². The Morgan fingerprint density at radius 2 is 2.19 bits per heavy atom. The third-order valence-corrected chi connectivity index (χ3v) is 4.43. The zero-order valence-corrected chi connectivity index (χ0v) is 15.1. The van der Waals surface area contributed by atoms with Crippen molar-refractivity contribution in [1.29, 1.82) is 0 Å². The number of fused-ring (bicyclic) bond motifs is 1. The summed E-state index contributed by atoms with van der Waals surface area (Å²) in [6.07, 6.45) is 3.61. The molecule has 1 aliphatic rings. The summed E-state index contributed by atoms with van der Waals surface area (Å²) in [6, 6.07) is 1.28. The summed E-state index contributed by atoms with van der Waals surface area (Å²) in [5.41, 5.74) is 8.49. The number of H-pyrrole nitrogens is 1. The molecule has 0 saturated carbocycles. The van der Waals surface area contributed by atoms with Gasteiger partial charge in [0.25, 0.3) is 0 Å². The molecule has 0 saturated heterocycles. The fraction of sp³-hybridized carbons (Fsp3) is 0.529. The molecule has 0 radical (unpaired) electrons. The van der Waals surface area contributed by atoms with Crippen molar-refractivity contribution in [2.24, 2.45) is 11.7 Å². The van der Waals surface area contributed by atoms with Gasteiger partial charge < -0.3 is 20.9 Å². The lowest BCUT2D eigenvalue weighted by atomic mass is 10.1. The van der Waals surface area contributed by atoms with Crippen molar-refractivity contribution in [3.63, 3.8) is 0 Å². The van der Waals surface area contributed by atoms with Crippen molar-refractivity contribution in [2.75, 3.05) is 6.54 Å². The Morgan fingerprint density at radius 3 is 2.88 bits per heavy atom. The van der Waals surface area contributed by atoms with E-state index in [1.807, 2.05) is 29.5 Å². The van der Waals surface area contributed by atoms with Crippen molar-refractivity contribution in [3.8, 4) is 0 Å². The van der Waals surface area contributed by atoms with Gasteiger partial charge in [-0.15, -0.1) is 0 Å². The second kappa shape index (κ2) is 7.69. The molecular formula is C17H25N7O2. The standard InChI is InChI=1S/C17H25N7O2/c1-11(2)17(26)23-3-4-24-14(9-23)5-13(22-24)8-20-16(25)15(18)6-12-7-19-10-21-12/h5,7,10-11,15H,3-4,6,8-9,18H2,1-2H3,(H,19,21)(H,20,25)/t15-/m0/s1. The summed E-state index contributed by atoms with van der Waals surface area (Å²) in [5.74, 6) is -0.0983. The van der Waals surface area contributed by atoms with Crippen molar-refractivity contribution >= 4 is 11.8 Å². The monoisotopic (exact) mass is 359 g/mol. The van der Waals surface area contributed by atoms with Gasteiger partial charge in [0.1, 0.15) is 0 Å². The number of carbonyl (C=O) groups excluding carboxylic acids is 2. The van der Waals surface area contributed by atoms with Crippen LogP contribution in [0.25, 0.3) is 0 Å². The Balaban J connectivity index is 1.54. The van der Waals surface area contributed by atoms with Crippen LogP contribution in [0, 0.1) is 5.92 Å². The molecule has 0 aromatic carbocycles. The molecule has 0 aliphatic carbocycles. The lowest BCUT2D eigenvalue weighted by molar-refractivity contribution is -0.136. The molecule has 3 heterocycles. The summed E-state index contributed by atoms with van der Waals surface area (Å²) in [4.78, 5) is 33.0. The highest BCUT2D eigenvalue weighted by atomic mass is 16.2. The number of nitrogens with one attached hydrogen (secondary N) is 2. The smallest absolute Gasteiger partial charge is 0.237 e. The molecule has 1 atom stereocenters. The van der Waals surface area contributed by atoms with Crippen LogP contribution in [0.4, 0.5) is 0 Å². The van der Waals surface area contributed by atoms with Crippen LogP contribution in [-0.2, 0) is 35.6 Å². The number of imidazole rings is 1. The van der Waals surface area contributed by atoms with Crippen molar-refractivity contribution < 1.29 is 9.59 Å². The zero-order chi connectivity index (χ0) is 18.7. The number of aromatic nitrogens is 4. The third kappa shape index (κ3) is 4.10. The molecule has 0 unspecified atom stereocenters. The van der Waals surface area contributed by atoms with Gasteiger partial charge in [-0.2, -0.15) is 5.10 Å². The largest absolute Gasteiger partial charge is 0.349 e. The number of hydrogen-bond donors (Lipinski definition) is 3. The Kier molecular flexibility index (Phi) is 5.36. The SMILES string of the molecule is CC(C)C(=O)N1CCn2nc(CNC(=O)[C@@H](N)Cc3cnc[nH]3)cc2C1. The average molecular weight is 359 g/mol. The Hall–Kier alpha value is -2.68. The first-order valence-corrected chi connectivity index (χ1v) is 8.79. The summed E-state index contributed by atoms with van der Waals surface area (Å²) < 4.78 is 1.90. The second-order valence-electron chi connectivity index (χ2n) is 6.87. The van der Waals surface area contributed by atoms with Crippen molar-refractivity contribution in [3.05, 3.63) is 35.7 Å². The lowest BCUT2D eigenvalue weighted by Gasteiger charge is -2.29. The molecule has 2 amide bonds. The van der Waals surface area contributed by atoms with Crippen LogP contribution in [0.3, 0.4) is 0 Å². The quantitative estimate of drug-likeness (QED) is 0.659. The summed E-state index contributed by atoms with van der Waals surface area (Å²) in [5, 5.41) is 7.32. The zero-order valence-electron chi connectivity index (χ0n) is 15.1. The first kappa shape index (κ1) is 18.1. The molecule has 9 nitrogen and oxygen atoms in total. The van der Waals surface area contributed by atoms with Gasteiger partial charge in [0.2, 0.25) is 11.8 Å². The second-order valence-corrected chi connectivity index (χ2v) is 6.87. The molecule has 2 aromatic rings. The van der Waals surface area contributed by atoms with E-state index in [0.29, 0.717) is 32.6 Å². The topological polar surface area (TPSA) is 122 Å². The van der Waals surface area contributed by atoms with Crippen LogP contribution in [-0.4, -0.2) is 49.0 Å². The molecular weight excluding hydrogens is 334 g/mol. The van der Waals surface area contributed by atoms with Gasteiger partial charge in [0.15, 0.2) is 0 Å². The summed E-state index contributed by atoms with van der Waals surface area (Å²) in [6.45, 7) is 6.00. The molecule has 9 heteroatoms. The molecule has 4 N–H and O–H groups in total. The number of hydrogen-bond acceptors (Lipinski definition) is 5. The fourth-order valence-electron chi connectivity index (χ4n) is 3.00. The van der Waals surface area contributed by atoms with Crippen LogP contribution in [0.5, 0.6) is 0 Å². The van der Waals surface area contributed by atoms with Gasteiger partial charge in [-0.1, -0.05) is 13.8 Å². The summed E-state index contributed by atoms with van der Waals surface area (Å²) in [7, 11) is 0. The number of aromatic amines is 1. The van der Waals surface area contributed by atoms with E-state index in [1.54, 1.807) is 12.5 Å². The van der Waals surface area contributed by atoms with Crippen LogP contribution in [0.15, 0.2) is 18.6 Å². The van der Waals surface area contributed by atoms with Gasteiger partial charge in [-0.25, -0.2) is 4.98 Å². The first-order chi connectivity index (χ1) is 12.4. The molecule has 0 fully saturated rings. The van der Waals surface area contributed by atoms with E-state index >= 15 is 0 Å². The highest BCUT2D eigenvalue weighted by Gasteiger charge is 2.24. The molecule has 26 heavy (non-hydrogen) atoms. The average Bonchev–Trinajstić information content (AvgIpc) is 3.27. The number of carbonyl (C=O) groups is 2. The summed E-state index contributed by atoms with van der Waals surface area (Å²) >= 11 is 0. The number of nitrogens with zero attached hydrogens (tertiary/aromatic N) is 4. The van der Waals surface area contributed by atoms with E-state index in [1.165, 1.54) is 0 Å². The van der Waals surface area contributed by atoms with Crippen molar-refractivity contribution in [1.82, 2.24) is 30.0 Å². The molecule has 2 aromatic heterocycles. The van der Waals surface area contributed by atoms with E-state index in [2.05, 4.69) is 20.4 Å². The minimum absolute atomic E-state index is 0.0143. The van der Waals surface area contributed by atoms with E-state index < -0.39 is 6.04 Å². The van der Waals surface area contributed by atoms with Gasteiger partial charge in [-0.3, -0.25) is 14.3 Å². The molecule has 140 valence electrons. The van der Waals surface area contributed by atoms with Crippen LogP contribution in [0.1, 0.15) is 30.9 Å². The maximum atomic E-state index is 12.2. The van der Waals surface area contributed by atoms with Crippen LogP contribution in [0.2, 0.25) is 0 Å². The maximum Gasteiger partial charge on any atom is 0.237 e. The first-order valence-electron chi connectivity index (χ1n) is 8.79. The number of amides is 2. The van der Waals surface area contributed by atoms with Gasteiger partial charge >= 0.3 is 0 Å².